The first-order valence-corrected chi connectivity index (χ1v) is 9.20. The third kappa shape index (κ3) is 3.28. The number of nitrogens with zero attached hydrogens (tertiary/aromatic N) is 1. The second kappa shape index (κ2) is 6.09. The summed E-state index contributed by atoms with van der Waals surface area (Å²) < 4.78 is 43.4. The number of halogens is 3. The maximum atomic E-state index is 14.5. The monoisotopic (exact) mass is 380 g/mol. The minimum Gasteiger partial charge on any atom is -0.288 e. The number of amides is 1. The van der Waals surface area contributed by atoms with Crippen LogP contribution in [0.1, 0.15) is 45.7 Å². The molecule has 3 nitrogen and oxygen atoms in total. The second-order valence-corrected chi connectivity index (χ2v) is 9.40. The van der Waals surface area contributed by atoms with Crippen molar-refractivity contribution in [1.82, 2.24) is 10.4 Å². The molecule has 2 atom stereocenters. The number of nitrogens with one attached hydrogen (secondary N) is 1. The van der Waals surface area contributed by atoms with Crippen molar-refractivity contribution < 1.29 is 18.0 Å². The van der Waals surface area contributed by atoms with Crippen LogP contribution in [-0.4, -0.2) is 29.7 Å². The minimum absolute atomic E-state index is 0.0172. The molecule has 1 heterocycles. The lowest BCUT2D eigenvalue weighted by Crippen LogP contribution is -2.63. The van der Waals surface area contributed by atoms with Crippen molar-refractivity contribution in [2.75, 3.05) is 6.54 Å². The van der Waals surface area contributed by atoms with Gasteiger partial charge in [-0.15, -0.1) is 0 Å². The fourth-order valence-electron chi connectivity index (χ4n) is 4.31. The van der Waals surface area contributed by atoms with Crippen LogP contribution in [0, 0.1) is 16.2 Å². The van der Waals surface area contributed by atoms with Gasteiger partial charge < -0.3 is 0 Å². The molecular weight excluding hydrogens is 353 g/mol. The number of hydrazine groups is 1. The molecule has 0 aromatic heterocycles. The first kappa shape index (κ1) is 19.9. The van der Waals surface area contributed by atoms with Crippen molar-refractivity contribution in [2.45, 2.75) is 53.3 Å². The lowest BCUT2D eigenvalue weighted by atomic mass is 9.57. The van der Waals surface area contributed by atoms with Crippen LogP contribution in [0.4, 0.5) is 13.2 Å². The Kier molecular flexibility index (Phi) is 4.50. The molecule has 1 amide bonds. The van der Waals surface area contributed by atoms with Gasteiger partial charge in [-0.25, -0.2) is 5.01 Å². The Morgan fingerprint density at radius 2 is 1.78 bits per heavy atom. The van der Waals surface area contributed by atoms with Gasteiger partial charge in [0, 0.05) is 12.0 Å². The smallest absolute Gasteiger partial charge is 0.288 e. The van der Waals surface area contributed by atoms with E-state index in [4.69, 9.17) is 0 Å². The summed E-state index contributed by atoms with van der Waals surface area (Å²) in [6.45, 7) is 8.88. The number of rotatable bonds is 2. The molecule has 2 aliphatic rings. The van der Waals surface area contributed by atoms with Crippen LogP contribution in [-0.2, 0) is 11.2 Å². The number of benzene rings is 1. The molecule has 1 fully saturated rings. The number of carbonyl (C=O) groups excluding carboxylic acids is 1. The van der Waals surface area contributed by atoms with Gasteiger partial charge in [0.2, 0.25) is 5.91 Å². The van der Waals surface area contributed by atoms with Crippen molar-refractivity contribution in [3.63, 3.8) is 0 Å². The van der Waals surface area contributed by atoms with Crippen LogP contribution < -0.4 is 5.43 Å². The minimum atomic E-state index is -4.50. The third-order valence-electron chi connectivity index (χ3n) is 6.03. The van der Waals surface area contributed by atoms with Crippen LogP contribution in [0.3, 0.4) is 0 Å². The topological polar surface area (TPSA) is 32.3 Å². The van der Waals surface area contributed by atoms with Crippen molar-refractivity contribution >= 4 is 12.0 Å². The fourth-order valence-corrected chi connectivity index (χ4v) is 4.31. The Morgan fingerprint density at radius 1 is 1.15 bits per heavy atom. The van der Waals surface area contributed by atoms with Gasteiger partial charge in [0.25, 0.3) is 0 Å². The maximum Gasteiger partial charge on any atom is 0.406 e. The molecule has 1 aliphatic heterocycles. The van der Waals surface area contributed by atoms with Crippen molar-refractivity contribution in [1.29, 1.82) is 0 Å². The van der Waals surface area contributed by atoms with Gasteiger partial charge in [0.05, 0.1) is 5.41 Å². The van der Waals surface area contributed by atoms with E-state index in [2.05, 4.69) is 5.43 Å². The van der Waals surface area contributed by atoms with E-state index in [0.717, 1.165) is 16.1 Å². The van der Waals surface area contributed by atoms with E-state index < -0.39 is 28.5 Å². The molecule has 1 aromatic rings. The molecule has 1 unspecified atom stereocenters. The van der Waals surface area contributed by atoms with Gasteiger partial charge in [-0.1, -0.05) is 57.2 Å². The number of hydrogen-bond donors (Lipinski definition) is 1. The summed E-state index contributed by atoms with van der Waals surface area (Å²) in [4.78, 5) is 12.2. The van der Waals surface area contributed by atoms with Gasteiger partial charge in [-0.05, 0) is 36.8 Å². The summed E-state index contributed by atoms with van der Waals surface area (Å²) >= 11 is 0. The largest absolute Gasteiger partial charge is 0.406 e. The molecule has 1 aliphatic carbocycles. The summed E-state index contributed by atoms with van der Waals surface area (Å²) in [7, 11) is 0. The molecule has 6 heteroatoms. The van der Waals surface area contributed by atoms with Crippen LogP contribution >= 0.6 is 0 Å². The van der Waals surface area contributed by atoms with Crippen LogP contribution in [0.2, 0.25) is 0 Å². The van der Waals surface area contributed by atoms with E-state index in [1.165, 1.54) is 0 Å². The standard InChI is InChI=1S/C21H27F3N2O/c1-18(2,3)20(11-10-14-8-6-7-9-15(14)12-20)16(21(22,23)24)26-13-19(4,5)17(27)25-26/h6-11,16H,12-13H2,1-5H3,(H,25,27)/t16-,20?/m0/s1. The molecule has 0 spiro atoms. The zero-order valence-corrected chi connectivity index (χ0v) is 16.4. The first-order valence-electron chi connectivity index (χ1n) is 9.20. The van der Waals surface area contributed by atoms with Gasteiger partial charge in [0.1, 0.15) is 6.04 Å². The average Bonchev–Trinajstić information content (AvgIpc) is 2.77. The van der Waals surface area contributed by atoms with Crippen molar-refractivity contribution in [3.05, 3.63) is 41.5 Å². The summed E-state index contributed by atoms with van der Waals surface area (Å²) in [6.07, 6.45) is -0.728. The molecule has 148 valence electrons. The second-order valence-electron chi connectivity index (χ2n) is 9.40. The summed E-state index contributed by atoms with van der Waals surface area (Å²) in [5.41, 5.74) is 1.59. The predicted molar refractivity (Wildman–Crippen MR) is 99.5 cm³/mol. The summed E-state index contributed by atoms with van der Waals surface area (Å²) in [5, 5.41) is 1.12. The maximum absolute atomic E-state index is 14.5. The molecule has 27 heavy (non-hydrogen) atoms. The van der Waals surface area contributed by atoms with Gasteiger partial charge >= 0.3 is 6.18 Å². The number of fused-ring (bicyclic) bond motifs is 1. The van der Waals surface area contributed by atoms with E-state index in [-0.39, 0.29) is 18.9 Å². The Labute approximate surface area is 158 Å². The highest BCUT2D eigenvalue weighted by molar-refractivity contribution is 5.83. The molecular formula is C21H27F3N2O. The highest BCUT2D eigenvalue weighted by Gasteiger charge is 2.62. The summed E-state index contributed by atoms with van der Waals surface area (Å²) in [6, 6.07) is 5.73. The van der Waals surface area contributed by atoms with E-state index in [0.29, 0.717) is 0 Å². The molecule has 1 saturated heterocycles. The zero-order chi connectivity index (χ0) is 20.3. The molecule has 0 saturated carbocycles. The van der Waals surface area contributed by atoms with Crippen LogP contribution in [0.25, 0.3) is 6.08 Å². The Morgan fingerprint density at radius 3 is 2.30 bits per heavy atom. The van der Waals surface area contributed by atoms with Crippen molar-refractivity contribution in [2.24, 2.45) is 16.2 Å². The van der Waals surface area contributed by atoms with Gasteiger partial charge in [-0.2, -0.15) is 13.2 Å². The van der Waals surface area contributed by atoms with Crippen LogP contribution in [0.15, 0.2) is 30.3 Å². The Hall–Kier alpha value is -1.82. The van der Waals surface area contributed by atoms with Gasteiger partial charge in [-0.3, -0.25) is 10.2 Å². The molecule has 0 radical (unpaired) electrons. The third-order valence-corrected chi connectivity index (χ3v) is 6.03. The van der Waals surface area contributed by atoms with Gasteiger partial charge in [0.15, 0.2) is 0 Å². The fraction of sp³-hybridized carbons (Fsp3) is 0.571. The SMILES string of the molecule is CC1(C)CN([C@H](C(F)(F)F)C2(C(C)(C)C)C=Cc3ccccc3C2)NC1=O. The van der Waals surface area contributed by atoms with Crippen LogP contribution in [0.5, 0.6) is 0 Å². The summed E-state index contributed by atoms with van der Waals surface area (Å²) in [5.74, 6) is -0.374. The quantitative estimate of drug-likeness (QED) is 0.814. The van der Waals surface area contributed by atoms with E-state index >= 15 is 0 Å². The first-order chi connectivity index (χ1) is 12.3. The predicted octanol–water partition coefficient (Wildman–Crippen LogP) is 4.59. The molecule has 1 aromatic carbocycles. The Balaban J connectivity index is 2.14. The lowest BCUT2D eigenvalue weighted by molar-refractivity contribution is -0.228. The van der Waals surface area contributed by atoms with Crippen molar-refractivity contribution in [3.8, 4) is 0 Å². The van der Waals surface area contributed by atoms with E-state index in [1.807, 2.05) is 45.0 Å². The Bertz CT molecular complexity index is 776. The van der Waals surface area contributed by atoms with E-state index in [9.17, 15) is 18.0 Å². The number of hydrogen-bond acceptors (Lipinski definition) is 2. The average molecular weight is 380 g/mol. The zero-order valence-electron chi connectivity index (χ0n) is 16.4. The molecule has 0 bridgehead atoms. The molecule has 1 N–H and O–H groups in total. The number of carbonyl (C=O) groups is 1. The molecule has 3 rings (SSSR count). The number of alkyl halides is 3. The van der Waals surface area contributed by atoms with E-state index in [1.54, 1.807) is 26.0 Å². The highest BCUT2D eigenvalue weighted by Crippen LogP contribution is 2.54. The normalized spacial score (nSPS) is 26.6. The lowest BCUT2D eigenvalue weighted by Gasteiger charge is -2.52. The highest BCUT2D eigenvalue weighted by atomic mass is 19.4.